The summed E-state index contributed by atoms with van der Waals surface area (Å²) in [6.45, 7) is 7.87. The molecule has 1 unspecified atom stereocenters. The van der Waals surface area contributed by atoms with Crippen molar-refractivity contribution in [2.45, 2.75) is 45.1 Å². The van der Waals surface area contributed by atoms with Gasteiger partial charge in [-0.05, 0) is 74.9 Å². The maximum absolute atomic E-state index is 13.0. The zero-order valence-electron chi connectivity index (χ0n) is 19.6. The number of aromatic nitrogens is 1. The van der Waals surface area contributed by atoms with Crippen LogP contribution in [-0.2, 0) is 17.6 Å². The number of amides is 1. The minimum atomic E-state index is 0.188. The quantitative estimate of drug-likeness (QED) is 0.745. The molecule has 32 heavy (non-hydrogen) atoms. The molecule has 0 radical (unpaired) electrons. The largest absolute Gasteiger partial charge is 0.340 e. The first-order valence-corrected chi connectivity index (χ1v) is 12.3. The van der Waals surface area contributed by atoms with E-state index in [4.69, 9.17) is 4.98 Å². The lowest BCUT2D eigenvalue weighted by molar-refractivity contribution is -0.134. The molecule has 1 aromatic carbocycles. The summed E-state index contributed by atoms with van der Waals surface area (Å²) in [4.78, 5) is 24.9. The van der Waals surface area contributed by atoms with Crippen molar-refractivity contribution in [2.24, 2.45) is 5.92 Å². The van der Waals surface area contributed by atoms with Crippen LogP contribution in [-0.4, -0.2) is 71.9 Å². The zero-order chi connectivity index (χ0) is 22.1. The van der Waals surface area contributed by atoms with Crippen LogP contribution in [0.5, 0.6) is 0 Å². The predicted octanol–water partition coefficient (Wildman–Crippen LogP) is 3.45. The third-order valence-electron chi connectivity index (χ3n) is 7.66. The van der Waals surface area contributed by atoms with Crippen LogP contribution in [0.15, 0.2) is 36.5 Å². The van der Waals surface area contributed by atoms with Crippen molar-refractivity contribution in [2.75, 3.05) is 46.3 Å². The predicted molar refractivity (Wildman–Crippen MR) is 128 cm³/mol. The van der Waals surface area contributed by atoms with Gasteiger partial charge in [0.05, 0.1) is 11.7 Å². The maximum atomic E-state index is 13.0. The highest BCUT2D eigenvalue weighted by atomic mass is 16.2. The lowest BCUT2D eigenvalue weighted by Crippen LogP contribution is -2.50. The van der Waals surface area contributed by atoms with Crippen molar-refractivity contribution >= 4 is 5.91 Å². The number of hydrogen-bond donors (Lipinski definition) is 0. The van der Waals surface area contributed by atoms with Crippen LogP contribution in [0.25, 0.3) is 0 Å². The summed E-state index contributed by atoms with van der Waals surface area (Å²) in [7, 11) is 2.17. The fraction of sp³-hybridized carbons (Fsp3) is 0.556. The molecular weight excluding hydrogens is 396 g/mol. The molecule has 3 heterocycles. The van der Waals surface area contributed by atoms with E-state index in [0.717, 1.165) is 45.6 Å². The van der Waals surface area contributed by atoms with Gasteiger partial charge in [0.2, 0.25) is 5.91 Å². The number of rotatable bonds is 3. The highest BCUT2D eigenvalue weighted by Crippen LogP contribution is 2.36. The Morgan fingerprint density at radius 1 is 1.06 bits per heavy atom. The molecule has 1 aromatic heterocycles. The van der Waals surface area contributed by atoms with E-state index in [2.05, 4.69) is 59.0 Å². The summed E-state index contributed by atoms with van der Waals surface area (Å²) >= 11 is 0. The van der Waals surface area contributed by atoms with Gasteiger partial charge >= 0.3 is 0 Å². The number of pyridine rings is 1. The number of piperazine rings is 1. The van der Waals surface area contributed by atoms with E-state index in [1.807, 2.05) is 6.20 Å². The molecule has 2 fully saturated rings. The summed E-state index contributed by atoms with van der Waals surface area (Å²) < 4.78 is 0. The Kier molecular flexibility index (Phi) is 6.29. The number of likely N-dealkylation sites (tertiary alicyclic amines) is 1. The highest BCUT2D eigenvalue weighted by Gasteiger charge is 2.33. The van der Waals surface area contributed by atoms with Crippen molar-refractivity contribution in [3.05, 3.63) is 64.5 Å². The van der Waals surface area contributed by atoms with Crippen molar-refractivity contribution < 1.29 is 4.79 Å². The molecule has 0 spiro atoms. The first-order chi connectivity index (χ1) is 15.6. The molecule has 2 saturated heterocycles. The first-order valence-electron chi connectivity index (χ1n) is 12.3. The van der Waals surface area contributed by atoms with Crippen molar-refractivity contribution in [3.63, 3.8) is 0 Å². The maximum Gasteiger partial charge on any atom is 0.222 e. The number of carbonyl (C=O) groups excluding carboxylic acids is 1. The number of benzene rings is 1. The normalized spacial score (nSPS) is 24.5. The Hall–Kier alpha value is -2.24. The molecule has 2 atom stereocenters. The molecule has 5 heteroatoms. The van der Waals surface area contributed by atoms with Crippen molar-refractivity contribution in [1.29, 1.82) is 0 Å². The molecule has 2 aromatic rings. The van der Waals surface area contributed by atoms with Crippen LogP contribution in [0.3, 0.4) is 0 Å². The minimum Gasteiger partial charge on any atom is -0.340 e. The number of nitrogens with zero attached hydrogens (tertiary/aromatic N) is 4. The van der Waals surface area contributed by atoms with Crippen LogP contribution in [0, 0.1) is 12.8 Å². The molecular formula is C27H36N4O. The van der Waals surface area contributed by atoms with Gasteiger partial charge in [-0.2, -0.15) is 0 Å². The number of fused-ring (bicyclic) bond motifs is 2. The van der Waals surface area contributed by atoms with Gasteiger partial charge in [0.1, 0.15) is 0 Å². The lowest BCUT2D eigenvalue weighted by atomic mass is 9.94. The van der Waals surface area contributed by atoms with Gasteiger partial charge in [0.25, 0.3) is 0 Å². The molecule has 5 rings (SSSR count). The van der Waals surface area contributed by atoms with Gasteiger partial charge in [-0.1, -0.05) is 29.8 Å². The smallest absolute Gasteiger partial charge is 0.222 e. The van der Waals surface area contributed by atoms with Crippen molar-refractivity contribution in [1.82, 2.24) is 19.7 Å². The summed E-state index contributed by atoms with van der Waals surface area (Å²) in [5.74, 6) is 0.868. The number of aryl methyl sites for hydroxylation is 3. The third-order valence-corrected chi connectivity index (χ3v) is 7.66. The van der Waals surface area contributed by atoms with Gasteiger partial charge in [0, 0.05) is 45.3 Å². The van der Waals surface area contributed by atoms with Crippen LogP contribution >= 0.6 is 0 Å². The van der Waals surface area contributed by atoms with Gasteiger partial charge < -0.3 is 9.80 Å². The second-order valence-corrected chi connectivity index (χ2v) is 10.0. The average molecular weight is 433 g/mol. The fourth-order valence-electron chi connectivity index (χ4n) is 5.96. The molecule has 1 aliphatic carbocycles. The Morgan fingerprint density at radius 3 is 2.69 bits per heavy atom. The Bertz CT molecular complexity index is 966. The van der Waals surface area contributed by atoms with E-state index < -0.39 is 0 Å². The van der Waals surface area contributed by atoms with Crippen LogP contribution in [0.4, 0.5) is 0 Å². The average Bonchev–Trinajstić information content (AvgIpc) is 2.96. The molecule has 0 N–H and O–H groups in total. The summed E-state index contributed by atoms with van der Waals surface area (Å²) in [5.41, 5.74) is 6.75. The second kappa shape index (κ2) is 9.32. The number of carbonyl (C=O) groups is 1. The molecule has 2 aliphatic heterocycles. The molecule has 0 bridgehead atoms. The van der Waals surface area contributed by atoms with E-state index in [1.54, 1.807) is 0 Å². The van der Waals surface area contributed by atoms with Gasteiger partial charge in [-0.3, -0.25) is 14.7 Å². The van der Waals surface area contributed by atoms with Gasteiger partial charge in [-0.15, -0.1) is 0 Å². The van der Waals surface area contributed by atoms with E-state index >= 15 is 0 Å². The van der Waals surface area contributed by atoms with Crippen LogP contribution < -0.4 is 0 Å². The first kappa shape index (κ1) is 21.6. The minimum absolute atomic E-state index is 0.188. The second-order valence-electron chi connectivity index (χ2n) is 10.0. The fourth-order valence-corrected chi connectivity index (χ4v) is 5.96. The summed E-state index contributed by atoms with van der Waals surface area (Å²) in [6.07, 6.45) is 7.17. The lowest BCUT2D eigenvalue weighted by Gasteiger charge is -2.40. The number of piperidine rings is 1. The van der Waals surface area contributed by atoms with E-state index in [-0.39, 0.29) is 6.04 Å². The zero-order valence-corrected chi connectivity index (χ0v) is 19.6. The molecule has 5 nitrogen and oxygen atoms in total. The summed E-state index contributed by atoms with van der Waals surface area (Å²) in [6, 6.07) is 11.4. The topological polar surface area (TPSA) is 39.7 Å². The van der Waals surface area contributed by atoms with E-state index in [1.165, 1.54) is 47.3 Å². The number of hydrogen-bond acceptors (Lipinski definition) is 4. The molecule has 170 valence electrons. The highest BCUT2D eigenvalue weighted by molar-refractivity contribution is 5.76. The van der Waals surface area contributed by atoms with Crippen LogP contribution in [0.2, 0.25) is 0 Å². The molecule has 0 saturated carbocycles. The Labute approximate surface area is 192 Å². The Morgan fingerprint density at radius 2 is 1.88 bits per heavy atom. The third kappa shape index (κ3) is 4.46. The SMILES string of the molecule is Cc1ccc2c(c1)CCc1cccnc1[C@@H]2N1CCN(C(=O)CC2CCCN(C)C2)CC1. The van der Waals surface area contributed by atoms with Gasteiger partial charge in [-0.25, -0.2) is 0 Å². The van der Waals surface area contributed by atoms with Crippen molar-refractivity contribution in [3.8, 4) is 0 Å². The van der Waals surface area contributed by atoms with E-state index in [9.17, 15) is 4.79 Å². The van der Waals surface area contributed by atoms with E-state index in [0.29, 0.717) is 18.2 Å². The molecule has 1 amide bonds. The van der Waals surface area contributed by atoms with Crippen LogP contribution in [0.1, 0.15) is 53.3 Å². The standard InChI is InChI=1S/C27H36N4O/c1-20-7-10-24-23(17-20)9-8-22-6-3-11-28-26(22)27(24)31-15-13-30(14-16-31)25(32)18-21-5-4-12-29(2)19-21/h3,6-7,10-11,17,21,27H,4-5,8-9,12-16,18-19H2,1-2H3/t21?,27-/m1/s1. The monoisotopic (exact) mass is 432 g/mol. The van der Waals surface area contributed by atoms with Gasteiger partial charge in [0.15, 0.2) is 0 Å². The molecule has 3 aliphatic rings. The Balaban J connectivity index is 1.31. The summed E-state index contributed by atoms with van der Waals surface area (Å²) in [5, 5.41) is 0.